The Labute approximate surface area is 82.4 Å². The van der Waals surface area contributed by atoms with E-state index < -0.39 is 0 Å². The van der Waals surface area contributed by atoms with Gasteiger partial charge in [-0.1, -0.05) is 20.8 Å². The minimum absolute atomic E-state index is 0.127. The molecule has 0 bridgehead atoms. The minimum Gasteiger partial charge on any atom is -0.304 e. The van der Waals surface area contributed by atoms with E-state index in [-0.39, 0.29) is 22.6 Å². The summed E-state index contributed by atoms with van der Waals surface area (Å²) < 4.78 is 0. The van der Waals surface area contributed by atoms with E-state index in [0.717, 1.165) is 0 Å². The Hall–Kier alpha value is -1.45. The van der Waals surface area contributed by atoms with Gasteiger partial charge in [-0.25, -0.2) is 4.98 Å². The Kier molecular flexibility index (Phi) is 2.55. The van der Waals surface area contributed by atoms with Gasteiger partial charge in [0.15, 0.2) is 11.6 Å². The summed E-state index contributed by atoms with van der Waals surface area (Å²) in [7, 11) is 0. The standard InChI is InChI=1S/C10H14N2O2/c1-6(13)9-11-7(10(2,3)4)5-8(14)12-9/h5H,1-4H3,(H,11,12,14). The van der Waals surface area contributed by atoms with Crippen molar-refractivity contribution in [3.63, 3.8) is 0 Å². The van der Waals surface area contributed by atoms with Gasteiger partial charge < -0.3 is 4.98 Å². The van der Waals surface area contributed by atoms with Crippen LogP contribution in [-0.2, 0) is 5.41 Å². The first kappa shape index (κ1) is 10.6. The van der Waals surface area contributed by atoms with Crippen molar-refractivity contribution < 1.29 is 4.79 Å². The van der Waals surface area contributed by atoms with Crippen LogP contribution in [-0.4, -0.2) is 15.8 Å². The molecule has 1 aromatic heterocycles. The molecule has 4 nitrogen and oxygen atoms in total. The molecule has 0 aliphatic rings. The first-order chi connectivity index (χ1) is 6.30. The molecule has 0 aromatic carbocycles. The lowest BCUT2D eigenvalue weighted by Gasteiger charge is -2.17. The highest BCUT2D eigenvalue weighted by atomic mass is 16.1. The second kappa shape index (κ2) is 3.36. The number of carbonyl (C=O) groups excluding carboxylic acids is 1. The normalized spacial score (nSPS) is 11.4. The first-order valence-electron chi connectivity index (χ1n) is 4.43. The molecule has 0 radical (unpaired) electrons. The van der Waals surface area contributed by atoms with Crippen LogP contribution in [0.4, 0.5) is 0 Å². The Bertz CT molecular complexity index is 413. The highest BCUT2D eigenvalue weighted by Crippen LogP contribution is 2.17. The zero-order chi connectivity index (χ0) is 10.9. The van der Waals surface area contributed by atoms with Crippen LogP contribution >= 0.6 is 0 Å². The molecule has 0 unspecified atom stereocenters. The summed E-state index contributed by atoms with van der Waals surface area (Å²) in [4.78, 5) is 28.8. The highest BCUT2D eigenvalue weighted by molar-refractivity contribution is 5.90. The van der Waals surface area contributed by atoms with Crippen molar-refractivity contribution in [1.29, 1.82) is 0 Å². The average molecular weight is 194 g/mol. The van der Waals surface area contributed by atoms with Gasteiger partial charge in [0.05, 0.1) is 5.69 Å². The van der Waals surface area contributed by atoms with Crippen LogP contribution in [0.2, 0.25) is 0 Å². The molecule has 0 amide bonds. The maximum Gasteiger partial charge on any atom is 0.251 e. The molecule has 0 aliphatic carbocycles. The van der Waals surface area contributed by atoms with Gasteiger partial charge in [-0.15, -0.1) is 0 Å². The number of aromatic amines is 1. The smallest absolute Gasteiger partial charge is 0.251 e. The van der Waals surface area contributed by atoms with E-state index in [1.54, 1.807) is 0 Å². The van der Waals surface area contributed by atoms with Gasteiger partial charge in [0.1, 0.15) is 0 Å². The lowest BCUT2D eigenvalue weighted by atomic mass is 9.92. The molecule has 1 heterocycles. The van der Waals surface area contributed by atoms with Crippen molar-refractivity contribution in [2.24, 2.45) is 0 Å². The molecule has 4 heteroatoms. The van der Waals surface area contributed by atoms with Gasteiger partial charge in [-0.2, -0.15) is 0 Å². The van der Waals surface area contributed by atoms with Gasteiger partial charge in [0.25, 0.3) is 5.56 Å². The van der Waals surface area contributed by atoms with Crippen LogP contribution in [0.1, 0.15) is 44.0 Å². The fourth-order valence-electron chi connectivity index (χ4n) is 1.01. The molecule has 0 saturated carbocycles. The lowest BCUT2D eigenvalue weighted by Crippen LogP contribution is -2.22. The van der Waals surface area contributed by atoms with Gasteiger partial charge in [-0.05, 0) is 0 Å². The molecular formula is C10H14N2O2. The fourth-order valence-corrected chi connectivity index (χ4v) is 1.01. The van der Waals surface area contributed by atoms with Gasteiger partial charge in [-0.3, -0.25) is 9.59 Å². The first-order valence-corrected chi connectivity index (χ1v) is 4.43. The maximum atomic E-state index is 11.2. The van der Waals surface area contributed by atoms with E-state index in [9.17, 15) is 9.59 Å². The minimum atomic E-state index is -0.282. The second-order valence-electron chi connectivity index (χ2n) is 4.29. The number of rotatable bonds is 1. The van der Waals surface area contributed by atoms with Crippen LogP contribution in [0, 0.1) is 0 Å². The number of nitrogens with zero attached hydrogens (tertiary/aromatic N) is 1. The largest absolute Gasteiger partial charge is 0.304 e. The molecule has 1 aromatic rings. The number of H-pyrrole nitrogens is 1. The molecule has 0 fully saturated rings. The van der Waals surface area contributed by atoms with E-state index in [2.05, 4.69) is 9.97 Å². The number of nitrogens with one attached hydrogen (secondary N) is 1. The molecule has 1 rings (SSSR count). The van der Waals surface area contributed by atoms with Crippen LogP contribution < -0.4 is 5.56 Å². The Morgan fingerprint density at radius 2 is 2.00 bits per heavy atom. The van der Waals surface area contributed by atoms with Gasteiger partial charge in [0, 0.05) is 18.4 Å². The number of hydrogen-bond acceptors (Lipinski definition) is 3. The summed E-state index contributed by atoms with van der Waals surface area (Å²) in [5, 5.41) is 0. The summed E-state index contributed by atoms with van der Waals surface area (Å²) in [5.41, 5.74) is 0.125. The van der Waals surface area contributed by atoms with Crippen molar-refractivity contribution in [2.75, 3.05) is 0 Å². The summed E-state index contributed by atoms with van der Waals surface area (Å²) in [6.45, 7) is 7.21. The van der Waals surface area contributed by atoms with E-state index in [1.807, 2.05) is 20.8 Å². The van der Waals surface area contributed by atoms with Crippen LogP contribution in [0.3, 0.4) is 0 Å². The topological polar surface area (TPSA) is 62.8 Å². The van der Waals surface area contributed by atoms with Crippen molar-refractivity contribution in [3.05, 3.63) is 27.9 Å². The summed E-state index contributed by atoms with van der Waals surface area (Å²) in [6.07, 6.45) is 0. The molecule has 76 valence electrons. The zero-order valence-corrected chi connectivity index (χ0v) is 8.84. The van der Waals surface area contributed by atoms with Crippen molar-refractivity contribution in [2.45, 2.75) is 33.1 Å². The molecule has 0 saturated heterocycles. The molecule has 0 aliphatic heterocycles. The van der Waals surface area contributed by atoms with E-state index in [1.165, 1.54) is 13.0 Å². The van der Waals surface area contributed by atoms with E-state index >= 15 is 0 Å². The van der Waals surface area contributed by atoms with Crippen molar-refractivity contribution >= 4 is 5.78 Å². The van der Waals surface area contributed by atoms with E-state index in [0.29, 0.717) is 5.69 Å². The zero-order valence-electron chi connectivity index (χ0n) is 8.84. The van der Waals surface area contributed by atoms with Gasteiger partial charge in [0.2, 0.25) is 0 Å². The Morgan fingerprint density at radius 1 is 1.43 bits per heavy atom. The monoisotopic (exact) mass is 194 g/mol. The third-order valence-corrected chi connectivity index (χ3v) is 1.84. The SMILES string of the molecule is CC(=O)c1nc(C(C)(C)C)cc(=O)[nH]1. The predicted octanol–water partition coefficient (Wildman–Crippen LogP) is 1.27. The molecular weight excluding hydrogens is 180 g/mol. The van der Waals surface area contributed by atoms with Crippen molar-refractivity contribution in [1.82, 2.24) is 9.97 Å². The second-order valence-corrected chi connectivity index (χ2v) is 4.29. The van der Waals surface area contributed by atoms with Crippen LogP contribution in [0.5, 0.6) is 0 Å². The number of aromatic nitrogens is 2. The highest BCUT2D eigenvalue weighted by Gasteiger charge is 2.17. The number of carbonyl (C=O) groups is 1. The number of hydrogen-bond donors (Lipinski definition) is 1. The maximum absolute atomic E-state index is 11.2. The summed E-state index contributed by atoms with van der Waals surface area (Å²) in [6, 6.07) is 1.42. The third kappa shape index (κ3) is 2.28. The molecule has 1 N–H and O–H groups in total. The number of Topliss-reactive ketones (excluding diaryl/α,β-unsaturated/α-hetero) is 1. The average Bonchev–Trinajstić information content (AvgIpc) is 2.01. The summed E-state index contributed by atoms with van der Waals surface area (Å²) in [5.74, 6) is -0.101. The third-order valence-electron chi connectivity index (χ3n) is 1.84. The molecule has 0 spiro atoms. The fraction of sp³-hybridized carbons (Fsp3) is 0.500. The molecule has 14 heavy (non-hydrogen) atoms. The Morgan fingerprint density at radius 3 is 2.43 bits per heavy atom. The Balaban J connectivity index is 3.35. The lowest BCUT2D eigenvalue weighted by molar-refractivity contribution is 0.100. The summed E-state index contributed by atoms with van der Waals surface area (Å²) >= 11 is 0. The van der Waals surface area contributed by atoms with Crippen LogP contribution in [0.15, 0.2) is 10.9 Å². The number of ketones is 1. The quantitative estimate of drug-likeness (QED) is 0.685. The van der Waals surface area contributed by atoms with Gasteiger partial charge >= 0.3 is 0 Å². The van der Waals surface area contributed by atoms with Crippen LogP contribution in [0.25, 0.3) is 0 Å². The van der Waals surface area contributed by atoms with E-state index in [4.69, 9.17) is 0 Å². The predicted molar refractivity (Wildman–Crippen MR) is 53.6 cm³/mol. The van der Waals surface area contributed by atoms with Crippen molar-refractivity contribution in [3.8, 4) is 0 Å². The molecule has 0 atom stereocenters.